The Morgan fingerprint density at radius 1 is 0.946 bits per heavy atom. The monoisotopic (exact) mass is 545 g/mol. The van der Waals surface area contributed by atoms with Gasteiger partial charge in [0.15, 0.2) is 10.9 Å². The Kier molecular flexibility index (Phi) is 13.8. The van der Waals surface area contributed by atoms with E-state index in [1.807, 2.05) is 13.8 Å². The SMILES string of the molecule is CC(=O)NCCCC1(C)OCC(C)(C)[C@H](C(=O)NCCC(=O)NCCSC(=O)CC(=O)CCC(=O)O)O1. The zero-order chi connectivity index (χ0) is 28.1. The number of carboxylic acids is 1. The maximum atomic E-state index is 12.8. The molecule has 0 aliphatic carbocycles. The highest BCUT2D eigenvalue weighted by atomic mass is 32.2. The van der Waals surface area contributed by atoms with Crippen LogP contribution >= 0.6 is 11.8 Å². The molecule has 4 N–H and O–H groups in total. The van der Waals surface area contributed by atoms with Gasteiger partial charge in [0.1, 0.15) is 11.9 Å². The number of hydrogen-bond acceptors (Lipinski definition) is 9. The molecule has 0 radical (unpaired) electrons. The summed E-state index contributed by atoms with van der Waals surface area (Å²) in [5, 5.41) is 16.3. The number of rotatable bonds is 16. The Balaban J connectivity index is 2.32. The second kappa shape index (κ2) is 15.7. The van der Waals surface area contributed by atoms with Crippen LogP contribution in [0.5, 0.6) is 0 Å². The summed E-state index contributed by atoms with van der Waals surface area (Å²) in [7, 11) is 0. The number of carbonyl (C=O) groups excluding carboxylic acids is 5. The first-order chi connectivity index (χ1) is 17.2. The van der Waals surface area contributed by atoms with Crippen LogP contribution in [0.25, 0.3) is 0 Å². The third-order valence-electron chi connectivity index (χ3n) is 5.54. The smallest absolute Gasteiger partial charge is 0.303 e. The second-order valence-corrected chi connectivity index (χ2v) is 10.9. The zero-order valence-electron chi connectivity index (χ0n) is 22.0. The lowest BCUT2D eigenvalue weighted by atomic mass is 9.85. The first kappa shape index (κ1) is 32.5. The Morgan fingerprint density at radius 3 is 2.30 bits per heavy atom. The Labute approximate surface area is 221 Å². The van der Waals surface area contributed by atoms with E-state index in [1.165, 1.54) is 6.92 Å². The van der Waals surface area contributed by atoms with Crippen LogP contribution in [0.3, 0.4) is 0 Å². The summed E-state index contributed by atoms with van der Waals surface area (Å²) in [6, 6.07) is 0. The van der Waals surface area contributed by atoms with Gasteiger partial charge in [0.2, 0.25) is 17.7 Å². The minimum atomic E-state index is -1.09. The lowest BCUT2D eigenvalue weighted by Gasteiger charge is -2.46. The van der Waals surface area contributed by atoms with Crippen LogP contribution < -0.4 is 16.0 Å². The molecule has 1 aliphatic rings. The van der Waals surface area contributed by atoms with E-state index in [2.05, 4.69) is 16.0 Å². The number of thioether (sulfide) groups is 1. The third kappa shape index (κ3) is 13.6. The van der Waals surface area contributed by atoms with E-state index in [0.717, 1.165) is 11.8 Å². The highest BCUT2D eigenvalue weighted by Gasteiger charge is 2.47. The highest BCUT2D eigenvalue weighted by molar-refractivity contribution is 8.13. The van der Waals surface area contributed by atoms with E-state index in [9.17, 15) is 28.8 Å². The molecule has 0 saturated carbocycles. The molecule has 1 aliphatic heterocycles. The molecule has 37 heavy (non-hydrogen) atoms. The van der Waals surface area contributed by atoms with Crippen molar-refractivity contribution in [1.82, 2.24) is 16.0 Å². The van der Waals surface area contributed by atoms with E-state index >= 15 is 0 Å². The molecule has 1 heterocycles. The van der Waals surface area contributed by atoms with Crippen molar-refractivity contribution in [3.8, 4) is 0 Å². The lowest BCUT2D eigenvalue weighted by molar-refractivity contribution is -0.315. The van der Waals surface area contributed by atoms with E-state index in [-0.39, 0.29) is 67.4 Å². The molecule has 13 heteroatoms. The predicted molar refractivity (Wildman–Crippen MR) is 136 cm³/mol. The quantitative estimate of drug-likeness (QED) is 0.160. The Morgan fingerprint density at radius 2 is 1.65 bits per heavy atom. The Bertz CT molecular complexity index is 849. The van der Waals surface area contributed by atoms with Crippen LogP contribution in [0.1, 0.15) is 66.2 Å². The number of ether oxygens (including phenoxy) is 2. The standard InChI is InChI=1S/C24H39N3O9S/c1-16(28)25-10-5-9-24(4)35-15-23(2,3)21(36-24)22(34)27-11-8-18(30)26-12-13-37-20(33)14-17(29)6-7-19(31)32/h21H,5-15H2,1-4H3,(H,25,28)(H,26,30)(H,27,34)(H,31,32)/t21-,24?/m0/s1. The predicted octanol–water partition coefficient (Wildman–Crippen LogP) is 0.767. The number of Topliss-reactive ketones (excluding diaryl/α,β-unsaturated/α-hetero) is 1. The highest BCUT2D eigenvalue weighted by Crippen LogP contribution is 2.37. The van der Waals surface area contributed by atoms with E-state index in [4.69, 9.17) is 14.6 Å². The van der Waals surface area contributed by atoms with Crippen molar-refractivity contribution in [3.05, 3.63) is 0 Å². The molecular weight excluding hydrogens is 506 g/mol. The van der Waals surface area contributed by atoms with Gasteiger partial charge in [-0.2, -0.15) is 0 Å². The van der Waals surface area contributed by atoms with Crippen LogP contribution in [0, 0.1) is 5.41 Å². The molecule has 0 aromatic carbocycles. The summed E-state index contributed by atoms with van der Waals surface area (Å²) in [6.07, 6.45) is -0.455. The number of carboxylic acid groups (broad SMARTS) is 1. The minimum Gasteiger partial charge on any atom is -0.481 e. The summed E-state index contributed by atoms with van der Waals surface area (Å²) >= 11 is 0.896. The van der Waals surface area contributed by atoms with Crippen molar-refractivity contribution in [3.63, 3.8) is 0 Å². The molecule has 1 saturated heterocycles. The molecule has 0 bridgehead atoms. The van der Waals surface area contributed by atoms with Crippen LogP contribution in [0.15, 0.2) is 0 Å². The largest absolute Gasteiger partial charge is 0.481 e. The van der Waals surface area contributed by atoms with E-state index in [1.54, 1.807) is 6.92 Å². The molecule has 0 aromatic rings. The number of hydrogen-bond donors (Lipinski definition) is 4. The molecule has 210 valence electrons. The molecule has 2 atom stereocenters. The fourth-order valence-corrected chi connectivity index (χ4v) is 4.15. The average Bonchev–Trinajstić information content (AvgIpc) is 2.80. The van der Waals surface area contributed by atoms with Crippen LogP contribution in [-0.4, -0.2) is 83.6 Å². The Hall–Kier alpha value is -2.51. The molecule has 12 nitrogen and oxygen atoms in total. The number of nitrogens with one attached hydrogen (secondary N) is 3. The molecule has 1 unspecified atom stereocenters. The summed E-state index contributed by atoms with van der Waals surface area (Å²) < 4.78 is 11.9. The van der Waals surface area contributed by atoms with Gasteiger partial charge in [-0.3, -0.25) is 28.8 Å². The van der Waals surface area contributed by atoms with Crippen LogP contribution in [0.2, 0.25) is 0 Å². The molecule has 1 fully saturated rings. The summed E-state index contributed by atoms with van der Waals surface area (Å²) in [5.41, 5.74) is -0.581. The van der Waals surface area contributed by atoms with Crippen LogP contribution in [0.4, 0.5) is 0 Å². The normalized spacial score (nSPS) is 20.5. The zero-order valence-corrected chi connectivity index (χ0v) is 22.8. The van der Waals surface area contributed by atoms with Crippen molar-refractivity contribution in [2.24, 2.45) is 5.41 Å². The third-order valence-corrected chi connectivity index (χ3v) is 6.42. The maximum absolute atomic E-state index is 12.8. The van der Waals surface area contributed by atoms with Crippen LogP contribution in [-0.2, 0) is 38.2 Å². The van der Waals surface area contributed by atoms with Gasteiger partial charge in [0.05, 0.1) is 19.4 Å². The van der Waals surface area contributed by atoms with Gasteiger partial charge >= 0.3 is 5.97 Å². The molecule has 3 amide bonds. The molecule has 0 aromatic heterocycles. The summed E-state index contributed by atoms with van der Waals surface area (Å²) in [4.78, 5) is 69.6. The number of carbonyl (C=O) groups is 6. The fraction of sp³-hybridized carbons (Fsp3) is 0.750. The maximum Gasteiger partial charge on any atom is 0.303 e. The fourth-order valence-electron chi connectivity index (χ4n) is 3.45. The lowest BCUT2D eigenvalue weighted by Crippen LogP contribution is -2.57. The molecular formula is C24H39N3O9S. The van der Waals surface area contributed by atoms with E-state index < -0.39 is 29.1 Å². The van der Waals surface area contributed by atoms with E-state index in [0.29, 0.717) is 26.0 Å². The van der Waals surface area contributed by atoms with Crippen molar-refractivity contribution >= 4 is 46.4 Å². The summed E-state index contributed by atoms with van der Waals surface area (Å²) in [5.74, 6) is -2.99. The topological polar surface area (TPSA) is 177 Å². The number of aliphatic carboxylic acids is 1. The van der Waals surface area contributed by atoms with Gasteiger partial charge in [0, 0.05) is 57.0 Å². The molecule has 0 spiro atoms. The minimum absolute atomic E-state index is 0.0374. The average molecular weight is 546 g/mol. The molecule has 1 rings (SSSR count). The van der Waals surface area contributed by atoms with Gasteiger partial charge in [-0.1, -0.05) is 25.6 Å². The number of ketones is 1. The van der Waals surface area contributed by atoms with Crippen molar-refractivity contribution < 1.29 is 43.3 Å². The van der Waals surface area contributed by atoms with Gasteiger partial charge in [0.25, 0.3) is 0 Å². The van der Waals surface area contributed by atoms with Gasteiger partial charge in [-0.05, 0) is 13.3 Å². The first-order valence-electron chi connectivity index (χ1n) is 12.2. The number of amides is 3. The van der Waals surface area contributed by atoms with Gasteiger partial charge in [-0.25, -0.2) is 0 Å². The van der Waals surface area contributed by atoms with Crippen molar-refractivity contribution in [2.75, 3.05) is 32.0 Å². The van der Waals surface area contributed by atoms with Crippen molar-refractivity contribution in [2.45, 2.75) is 78.1 Å². The van der Waals surface area contributed by atoms with Crippen molar-refractivity contribution in [1.29, 1.82) is 0 Å². The van der Waals surface area contributed by atoms with Gasteiger partial charge < -0.3 is 30.5 Å². The van der Waals surface area contributed by atoms with Gasteiger partial charge in [-0.15, -0.1) is 0 Å². The second-order valence-electron chi connectivity index (χ2n) is 9.72. The first-order valence-corrected chi connectivity index (χ1v) is 13.2. The summed E-state index contributed by atoms with van der Waals surface area (Å²) in [6.45, 7) is 8.02.